The first-order valence-corrected chi connectivity index (χ1v) is 8.33. The zero-order valence-electron chi connectivity index (χ0n) is 15.0. The highest BCUT2D eigenvalue weighted by Gasteiger charge is 2.21. The highest BCUT2D eigenvalue weighted by atomic mass is 127. The van der Waals surface area contributed by atoms with E-state index in [1.54, 1.807) is 7.05 Å². The van der Waals surface area contributed by atoms with Crippen LogP contribution < -0.4 is 10.6 Å². The number of rotatable bonds is 6. The maximum absolute atomic E-state index is 5.68. The van der Waals surface area contributed by atoms with Crippen LogP contribution in [-0.4, -0.2) is 49.1 Å². The number of oxazole rings is 1. The van der Waals surface area contributed by atoms with Crippen LogP contribution in [0.1, 0.15) is 30.2 Å². The van der Waals surface area contributed by atoms with Crippen LogP contribution in [0.15, 0.2) is 22.1 Å². The van der Waals surface area contributed by atoms with E-state index in [1.807, 2.05) is 19.9 Å². The van der Waals surface area contributed by atoms with Crippen molar-refractivity contribution in [2.75, 3.05) is 33.2 Å². The summed E-state index contributed by atoms with van der Waals surface area (Å²) in [6, 6.07) is 0. The molecule has 6 nitrogen and oxygen atoms in total. The summed E-state index contributed by atoms with van der Waals surface area (Å²) in [5.74, 6) is 3.29. The number of hydrogen-bond acceptors (Lipinski definition) is 4. The third-order valence-electron chi connectivity index (χ3n) is 4.33. The second-order valence-corrected chi connectivity index (χ2v) is 6.09. The summed E-state index contributed by atoms with van der Waals surface area (Å²) >= 11 is 0. The van der Waals surface area contributed by atoms with Gasteiger partial charge in [-0.2, -0.15) is 0 Å². The van der Waals surface area contributed by atoms with E-state index in [-0.39, 0.29) is 24.0 Å². The fourth-order valence-electron chi connectivity index (χ4n) is 2.78. The zero-order valence-corrected chi connectivity index (χ0v) is 17.3. The quantitative estimate of drug-likeness (QED) is 0.304. The molecule has 0 aromatic carbocycles. The molecule has 1 aliphatic heterocycles. The summed E-state index contributed by atoms with van der Waals surface area (Å²) in [5, 5.41) is 6.59. The van der Waals surface area contributed by atoms with Crippen molar-refractivity contribution >= 4 is 29.9 Å². The predicted octanol–water partition coefficient (Wildman–Crippen LogP) is 2.47. The molecule has 0 bridgehead atoms. The van der Waals surface area contributed by atoms with E-state index in [4.69, 9.17) is 4.42 Å². The Morgan fingerprint density at radius 2 is 2.08 bits per heavy atom. The Labute approximate surface area is 162 Å². The molecular formula is C17H30IN5O. The highest BCUT2D eigenvalue weighted by Crippen LogP contribution is 2.19. The number of likely N-dealkylation sites (tertiary alicyclic amines) is 1. The standard InChI is InChI=1S/C17H29N5O.HI/c1-5-8-19-17(18-4)20-11-15-6-9-22(10-7-15)12-16-21-13(2)14(3)23-16;/h5,15H,1,6-12H2,2-4H3,(H2,18,19,20);1H. The first-order valence-electron chi connectivity index (χ1n) is 8.33. The summed E-state index contributed by atoms with van der Waals surface area (Å²) in [4.78, 5) is 11.1. The Morgan fingerprint density at radius 1 is 1.38 bits per heavy atom. The van der Waals surface area contributed by atoms with Gasteiger partial charge in [0.15, 0.2) is 5.96 Å². The van der Waals surface area contributed by atoms with Crippen molar-refractivity contribution in [2.24, 2.45) is 10.9 Å². The Bertz CT molecular complexity index is 516. The molecule has 0 unspecified atom stereocenters. The topological polar surface area (TPSA) is 65.7 Å². The number of halogens is 1. The molecule has 0 radical (unpaired) electrons. The van der Waals surface area contributed by atoms with E-state index in [1.165, 1.54) is 12.8 Å². The molecule has 2 rings (SSSR count). The van der Waals surface area contributed by atoms with E-state index in [9.17, 15) is 0 Å². The molecule has 0 spiro atoms. The molecule has 0 atom stereocenters. The average Bonchev–Trinajstić information content (AvgIpc) is 2.87. The molecule has 2 heterocycles. The van der Waals surface area contributed by atoms with Crippen molar-refractivity contribution < 1.29 is 4.42 Å². The van der Waals surface area contributed by atoms with Crippen LogP contribution in [-0.2, 0) is 6.54 Å². The van der Waals surface area contributed by atoms with Gasteiger partial charge in [-0.1, -0.05) is 6.08 Å². The Hall–Kier alpha value is -1.09. The maximum atomic E-state index is 5.68. The molecule has 0 aliphatic carbocycles. The average molecular weight is 447 g/mol. The van der Waals surface area contributed by atoms with Gasteiger partial charge < -0.3 is 15.1 Å². The number of aryl methyl sites for hydroxylation is 2. The number of nitrogens with zero attached hydrogens (tertiary/aromatic N) is 3. The molecule has 7 heteroatoms. The largest absolute Gasteiger partial charge is 0.444 e. The molecular weight excluding hydrogens is 417 g/mol. The van der Waals surface area contributed by atoms with Gasteiger partial charge in [0, 0.05) is 20.1 Å². The van der Waals surface area contributed by atoms with Gasteiger partial charge in [-0.3, -0.25) is 9.89 Å². The minimum Gasteiger partial charge on any atom is -0.444 e. The number of aromatic nitrogens is 1. The summed E-state index contributed by atoms with van der Waals surface area (Å²) < 4.78 is 5.68. The molecule has 1 fully saturated rings. The summed E-state index contributed by atoms with van der Waals surface area (Å²) in [7, 11) is 1.79. The van der Waals surface area contributed by atoms with Crippen LogP contribution in [0.2, 0.25) is 0 Å². The van der Waals surface area contributed by atoms with Gasteiger partial charge in [0.05, 0.1) is 12.2 Å². The van der Waals surface area contributed by atoms with Crippen LogP contribution in [0.25, 0.3) is 0 Å². The molecule has 0 amide bonds. The van der Waals surface area contributed by atoms with Crippen LogP contribution in [0, 0.1) is 19.8 Å². The van der Waals surface area contributed by atoms with Crippen LogP contribution in [0.3, 0.4) is 0 Å². The maximum Gasteiger partial charge on any atom is 0.208 e. The number of hydrogen-bond donors (Lipinski definition) is 2. The van der Waals surface area contributed by atoms with Gasteiger partial charge in [0.1, 0.15) is 5.76 Å². The molecule has 1 aliphatic rings. The monoisotopic (exact) mass is 447 g/mol. The van der Waals surface area contributed by atoms with E-state index in [0.717, 1.165) is 56.0 Å². The van der Waals surface area contributed by atoms with E-state index in [2.05, 4.69) is 32.1 Å². The van der Waals surface area contributed by atoms with E-state index >= 15 is 0 Å². The lowest BCUT2D eigenvalue weighted by Crippen LogP contribution is -2.42. The van der Waals surface area contributed by atoms with Gasteiger partial charge in [0.2, 0.25) is 5.89 Å². The third kappa shape index (κ3) is 6.43. The molecule has 0 saturated carbocycles. The summed E-state index contributed by atoms with van der Waals surface area (Å²) in [6.45, 7) is 12.3. The van der Waals surface area contributed by atoms with Crippen LogP contribution in [0.5, 0.6) is 0 Å². The van der Waals surface area contributed by atoms with E-state index in [0.29, 0.717) is 5.92 Å². The fraction of sp³-hybridized carbons (Fsp3) is 0.647. The smallest absolute Gasteiger partial charge is 0.208 e. The third-order valence-corrected chi connectivity index (χ3v) is 4.33. The van der Waals surface area contributed by atoms with Gasteiger partial charge >= 0.3 is 0 Å². The Balaban J connectivity index is 0.00000288. The van der Waals surface area contributed by atoms with Crippen molar-refractivity contribution in [1.82, 2.24) is 20.5 Å². The second-order valence-electron chi connectivity index (χ2n) is 6.09. The molecule has 1 aromatic rings. The number of nitrogens with one attached hydrogen (secondary N) is 2. The first-order chi connectivity index (χ1) is 11.1. The lowest BCUT2D eigenvalue weighted by atomic mass is 9.97. The SMILES string of the molecule is C=CCNC(=NC)NCC1CCN(Cc2nc(C)c(C)o2)CC1.I. The van der Waals surface area contributed by atoms with Gasteiger partial charge in [-0.05, 0) is 45.7 Å². The predicted molar refractivity (Wildman–Crippen MR) is 109 cm³/mol. The van der Waals surface area contributed by atoms with Gasteiger partial charge in [-0.15, -0.1) is 30.6 Å². The second kappa shape index (κ2) is 10.7. The zero-order chi connectivity index (χ0) is 16.7. The van der Waals surface area contributed by atoms with Crippen molar-refractivity contribution in [2.45, 2.75) is 33.2 Å². The number of aliphatic imine (C=N–C) groups is 1. The summed E-state index contributed by atoms with van der Waals surface area (Å²) in [5.41, 5.74) is 0.998. The summed E-state index contributed by atoms with van der Waals surface area (Å²) in [6.07, 6.45) is 4.20. The van der Waals surface area contributed by atoms with Crippen LogP contribution >= 0.6 is 24.0 Å². The number of guanidine groups is 1. The molecule has 24 heavy (non-hydrogen) atoms. The Kier molecular flexibility index (Phi) is 9.35. The van der Waals surface area contributed by atoms with Crippen molar-refractivity contribution in [3.63, 3.8) is 0 Å². The van der Waals surface area contributed by atoms with Crippen LogP contribution in [0.4, 0.5) is 0 Å². The number of piperidine rings is 1. The van der Waals surface area contributed by atoms with Crippen molar-refractivity contribution in [3.8, 4) is 0 Å². The lowest BCUT2D eigenvalue weighted by molar-refractivity contribution is 0.164. The molecule has 1 aromatic heterocycles. The Morgan fingerprint density at radius 3 is 2.62 bits per heavy atom. The minimum atomic E-state index is 0. The van der Waals surface area contributed by atoms with Gasteiger partial charge in [-0.25, -0.2) is 4.98 Å². The fourth-order valence-corrected chi connectivity index (χ4v) is 2.78. The molecule has 136 valence electrons. The first kappa shape index (κ1) is 21.0. The molecule has 2 N–H and O–H groups in total. The highest BCUT2D eigenvalue weighted by molar-refractivity contribution is 14.0. The van der Waals surface area contributed by atoms with E-state index < -0.39 is 0 Å². The minimum absolute atomic E-state index is 0. The molecule has 1 saturated heterocycles. The van der Waals surface area contributed by atoms with Crippen molar-refractivity contribution in [3.05, 3.63) is 30.0 Å². The lowest BCUT2D eigenvalue weighted by Gasteiger charge is -2.31. The van der Waals surface area contributed by atoms with Crippen molar-refractivity contribution in [1.29, 1.82) is 0 Å². The normalized spacial score (nSPS) is 16.5. The van der Waals surface area contributed by atoms with Gasteiger partial charge in [0.25, 0.3) is 0 Å².